The third-order valence-corrected chi connectivity index (χ3v) is 3.77. The van der Waals surface area contributed by atoms with Crippen LogP contribution in [0.25, 0.3) is 6.08 Å². The number of nitrogens with zero attached hydrogens (tertiary/aromatic N) is 2. The van der Waals surface area contributed by atoms with Gasteiger partial charge in [-0.1, -0.05) is 18.2 Å². The fourth-order valence-corrected chi connectivity index (χ4v) is 2.51. The van der Waals surface area contributed by atoms with Crippen LogP contribution in [0.3, 0.4) is 0 Å². The van der Waals surface area contributed by atoms with E-state index in [0.717, 1.165) is 9.80 Å². The van der Waals surface area contributed by atoms with E-state index in [1.807, 2.05) is 0 Å². The molecule has 0 aliphatic carbocycles. The number of anilines is 1. The van der Waals surface area contributed by atoms with Crippen molar-refractivity contribution in [2.45, 2.75) is 0 Å². The normalized spacial score (nSPS) is 17.3. The Balaban J connectivity index is 2.07. The van der Waals surface area contributed by atoms with E-state index in [9.17, 15) is 14.4 Å². The van der Waals surface area contributed by atoms with Gasteiger partial charge in [0.25, 0.3) is 11.8 Å². The fraction of sp³-hybridized carbons (Fsp3) is 0.0625. The molecular weight excluding hydrogens is 364 g/mol. The minimum Gasteiger partial charge on any atom is -0.450 e. The molecule has 23 heavy (non-hydrogen) atoms. The molecule has 0 radical (unpaired) electrons. The second-order valence-electron chi connectivity index (χ2n) is 4.82. The summed E-state index contributed by atoms with van der Waals surface area (Å²) in [6, 6.07) is 11.0. The predicted octanol–water partition coefficient (Wildman–Crippen LogP) is 3.05. The highest BCUT2D eigenvalue weighted by Gasteiger charge is 2.41. The first-order chi connectivity index (χ1) is 11.0. The molecule has 2 heterocycles. The number of rotatable bonds is 2. The highest BCUT2D eigenvalue weighted by atomic mass is 79.9. The van der Waals surface area contributed by atoms with Gasteiger partial charge in [-0.05, 0) is 46.3 Å². The number of urea groups is 1. The maximum absolute atomic E-state index is 12.6. The smallest absolute Gasteiger partial charge is 0.338 e. The quantitative estimate of drug-likeness (QED) is 0.598. The zero-order valence-corrected chi connectivity index (χ0v) is 13.6. The maximum Gasteiger partial charge on any atom is 0.338 e. The van der Waals surface area contributed by atoms with Crippen molar-refractivity contribution in [1.29, 1.82) is 0 Å². The fourth-order valence-electron chi connectivity index (χ4n) is 2.19. The van der Waals surface area contributed by atoms with Crippen molar-refractivity contribution in [3.63, 3.8) is 0 Å². The summed E-state index contributed by atoms with van der Waals surface area (Å²) in [6.45, 7) is 0. The second kappa shape index (κ2) is 5.85. The van der Waals surface area contributed by atoms with Gasteiger partial charge in [-0.2, -0.15) is 0 Å². The lowest BCUT2D eigenvalue weighted by molar-refractivity contribution is -0.128. The minimum atomic E-state index is -0.691. The molecular formula is C16H11BrN2O4. The largest absolute Gasteiger partial charge is 0.450 e. The lowest BCUT2D eigenvalue weighted by atomic mass is 10.1. The van der Waals surface area contributed by atoms with Gasteiger partial charge >= 0.3 is 6.03 Å². The summed E-state index contributed by atoms with van der Waals surface area (Å²) in [6.07, 6.45) is 1.33. The standard InChI is InChI=1S/C16H11BrN2O4/c1-18-14(20)12(9-11-7-8-13(17)23-11)15(21)19(16(18)22)10-5-3-2-4-6-10/h2-9H,1H3/b12-9+. The Hall–Kier alpha value is -2.67. The second-order valence-corrected chi connectivity index (χ2v) is 5.60. The number of hydrogen-bond donors (Lipinski definition) is 0. The average Bonchev–Trinajstić information content (AvgIpc) is 2.96. The van der Waals surface area contributed by atoms with E-state index in [1.165, 1.54) is 13.1 Å². The zero-order chi connectivity index (χ0) is 16.6. The molecule has 1 aliphatic rings. The van der Waals surface area contributed by atoms with Gasteiger partial charge in [-0.15, -0.1) is 0 Å². The molecule has 0 spiro atoms. The van der Waals surface area contributed by atoms with Crippen molar-refractivity contribution >= 4 is 45.5 Å². The van der Waals surface area contributed by atoms with Crippen LogP contribution < -0.4 is 4.90 Å². The first-order valence-electron chi connectivity index (χ1n) is 6.67. The molecule has 1 saturated heterocycles. The molecule has 2 aromatic rings. The molecule has 1 aromatic carbocycles. The Morgan fingerprint density at radius 1 is 1.00 bits per heavy atom. The van der Waals surface area contributed by atoms with Gasteiger partial charge < -0.3 is 4.42 Å². The van der Waals surface area contributed by atoms with Crippen LogP contribution in [-0.4, -0.2) is 29.8 Å². The van der Waals surface area contributed by atoms with E-state index in [4.69, 9.17) is 4.42 Å². The predicted molar refractivity (Wildman–Crippen MR) is 86.5 cm³/mol. The van der Waals surface area contributed by atoms with Gasteiger partial charge in [0.2, 0.25) is 0 Å². The lowest BCUT2D eigenvalue weighted by Crippen LogP contribution is -2.55. The number of imide groups is 2. The number of barbiturate groups is 1. The van der Waals surface area contributed by atoms with Crippen molar-refractivity contribution in [3.05, 3.63) is 58.5 Å². The van der Waals surface area contributed by atoms with Gasteiger partial charge in [0.15, 0.2) is 4.67 Å². The summed E-state index contributed by atoms with van der Waals surface area (Å²) in [5.74, 6) is -1.01. The molecule has 0 bridgehead atoms. The number of furan rings is 1. The summed E-state index contributed by atoms with van der Waals surface area (Å²) in [5.41, 5.74) is 0.256. The summed E-state index contributed by atoms with van der Waals surface area (Å²) < 4.78 is 5.78. The highest BCUT2D eigenvalue weighted by molar-refractivity contribution is 9.10. The molecule has 0 unspecified atom stereocenters. The Kier molecular flexibility index (Phi) is 3.87. The first kappa shape index (κ1) is 15.2. The van der Waals surface area contributed by atoms with Crippen molar-refractivity contribution in [2.75, 3.05) is 11.9 Å². The number of para-hydroxylation sites is 1. The van der Waals surface area contributed by atoms with Crippen molar-refractivity contribution in [3.8, 4) is 0 Å². The minimum absolute atomic E-state index is 0.141. The van der Waals surface area contributed by atoms with Crippen molar-refractivity contribution < 1.29 is 18.8 Å². The molecule has 1 fully saturated rings. The van der Waals surface area contributed by atoms with Crippen LogP contribution >= 0.6 is 15.9 Å². The van der Waals surface area contributed by atoms with Crippen molar-refractivity contribution in [2.24, 2.45) is 0 Å². The van der Waals surface area contributed by atoms with Crippen LogP contribution in [0.15, 0.2) is 57.1 Å². The molecule has 0 N–H and O–H groups in total. The molecule has 6 nitrogen and oxygen atoms in total. The highest BCUT2D eigenvalue weighted by Crippen LogP contribution is 2.25. The Labute approximate surface area is 140 Å². The number of benzene rings is 1. The molecule has 0 saturated carbocycles. The molecule has 3 rings (SSSR count). The van der Waals surface area contributed by atoms with Crippen LogP contribution in [0.5, 0.6) is 0 Å². The number of likely N-dealkylation sites (N-methyl/N-ethyl adjacent to an activating group) is 1. The molecule has 1 aliphatic heterocycles. The summed E-state index contributed by atoms with van der Waals surface area (Å²) in [5, 5.41) is 0. The van der Waals surface area contributed by atoms with Gasteiger partial charge in [0.05, 0.1) is 5.69 Å². The van der Waals surface area contributed by atoms with E-state index in [0.29, 0.717) is 16.1 Å². The number of carbonyl (C=O) groups excluding carboxylic acids is 3. The van der Waals surface area contributed by atoms with Crippen LogP contribution in [0.1, 0.15) is 5.76 Å². The van der Waals surface area contributed by atoms with E-state index >= 15 is 0 Å². The van der Waals surface area contributed by atoms with E-state index < -0.39 is 17.8 Å². The molecule has 7 heteroatoms. The number of amides is 4. The van der Waals surface area contributed by atoms with Gasteiger partial charge in [-0.25, -0.2) is 9.69 Å². The van der Waals surface area contributed by atoms with E-state index in [1.54, 1.807) is 42.5 Å². The molecule has 1 aromatic heterocycles. The van der Waals surface area contributed by atoms with Crippen LogP contribution in [-0.2, 0) is 9.59 Å². The number of halogens is 1. The average molecular weight is 375 g/mol. The Morgan fingerprint density at radius 3 is 2.30 bits per heavy atom. The number of hydrogen-bond acceptors (Lipinski definition) is 4. The topological polar surface area (TPSA) is 70.8 Å². The van der Waals surface area contributed by atoms with Crippen LogP contribution in [0.4, 0.5) is 10.5 Å². The molecule has 4 amide bonds. The van der Waals surface area contributed by atoms with Crippen molar-refractivity contribution in [1.82, 2.24) is 4.90 Å². The lowest BCUT2D eigenvalue weighted by Gasteiger charge is -2.31. The van der Waals surface area contributed by atoms with E-state index in [2.05, 4.69) is 15.9 Å². The number of carbonyl (C=O) groups is 3. The Bertz CT molecular complexity index is 826. The third-order valence-electron chi connectivity index (χ3n) is 3.34. The molecule has 116 valence electrons. The van der Waals surface area contributed by atoms with Gasteiger partial charge in [0.1, 0.15) is 11.3 Å². The van der Waals surface area contributed by atoms with Crippen LogP contribution in [0, 0.1) is 0 Å². The molecule has 0 atom stereocenters. The Morgan fingerprint density at radius 2 is 1.70 bits per heavy atom. The van der Waals surface area contributed by atoms with Gasteiger partial charge in [-0.3, -0.25) is 14.5 Å². The summed E-state index contributed by atoms with van der Waals surface area (Å²) in [7, 11) is 1.33. The summed E-state index contributed by atoms with van der Waals surface area (Å²) >= 11 is 3.16. The summed E-state index contributed by atoms with van der Waals surface area (Å²) in [4.78, 5) is 39.1. The maximum atomic E-state index is 12.6. The van der Waals surface area contributed by atoms with E-state index in [-0.39, 0.29) is 5.57 Å². The van der Waals surface area contributed by atoms with Gasteiger partial charge in [0, 0.05) is 7.05 Å². The zero-order valence-electron chi connectivity index (χ0n) is 12.0. The monoisotopic (exact) mass is 374 g/mol. The van der Waals surface area contributed by atoms with Crippen LogP contribution in [0.2, 0.25) is 0 Å². The SMILES string of the molecule is CN1C(=O)/C(=C\c2ccc(Br)o2)C(=O)N(c2ccccc2)C1=O. The third kappa shape index (κ3) is 2.70. The first-order valence-corrected chi connectivity index (χ1v) is 7.47.